The maximum absolute atomic E-state index is 12.0. The van der Waals surface area contributed by atoms with E-state index in [-0.39, 0.29) is 12.5 Å². The van der Waals surface area contributed by atoms with Gasteiger partial charge in [0.25, 0.3) is 0 Å². The van der Waals surface area contributed by atoms with Crippen LogP contribution in [0.15, 0.2) is 24.3 Å². The maximum atomic E-state index is 12.0. The lowest BCUT2D eigenvalue weighted by molar-refractivity contribution is -0.131. The van der Waals surface area contributed by atoms with Crippen molar-refractivity contribution in [3.63, 3.8) is 0 Å². The summed E-state index contributed by atoms with van der Waals surface area (Å²) in [6, 6.07) is 7.87. The molecule has 1 heterocycles. The van der Waals surface area contributed by atoms with Gasteiger partial charge in [-0.2, -0.15) is 0 Å². The third kappa shape index (κ3) is 4.11. The minimum atomic E-state index is -0.123. The molecule has 1 N–H and O–H groups in total. The Bertz CT molecular complexity index is 510. The van der Waals surface area contributed by atoms with Crippen LogP contribution in [0.25, 0.3) is 0 Å². The number of amides is 1. The van der Waals surface area contributed by atoms with Gasteiger partial charge in [0, 0.05) is 25.1 Å². The predicted octanol–water partition coefficient (Wildman–Crippen LogP) is 2.18. The van der Waals surface area contributed by atoms with Crippen molar-refractivity contribution in [2.45, 2.75) is 32.7 Å². The highest BCUT2D eigenvalue weighted by Crippen LogP contribution is 2.19. The van der Waals surface area contributed by atoms with Crippen molar-refractivity contribution < 1.29 is 9.90 Å². The summed E-state index contributed by atoms with van der Waals surface area (Å²) in [4.78, 5) is 14.0. The summed E-state index contributed by atoms with van der Waals surface area (Å²) in [5.41, 5.74) is 2.01. The van der Waals surface area contributed by atoms with Gasteiger partial charge in [0.05, 0.1) is 0 Å². The van der Waals surface area contributed by atoms with Gasteiger partial charge in [-0.3, -0.25) is 4.79 Å². The molecular formula is C17H21NO2. The first kappa shape index (κ1) is 14.6. The molecule has 1 amide bonds. The van der Waals surface area contributed by atoms with Gasteiger partial charge in [-0.1, -0.05) is 30.9 Å². The summed E-state index contributed by atoms with van der Waals surface area (Å²) in [7, 11) is 0. The van der Waals surface area contributed by atoms with E-state index in [0.717, 1.165) is 30.5 Å². The largest absolute Gasteiger partial charge is 0.384 e. The van der Waals surface area contributed by atoms with Gasteiger partial charge in [0.2, 0.25) is 5.91 Å². The number of likely N-dealkylation sites (tertiary alicyclic amines) is 1. The second kappa shape index (κ2) is 7.12. The molecule has 0 bridgehead atoms. The Morgan fingerprint density at radius 3 is 2.75 bits per heavy atom. The van der Waals surface area contributed by atoms with Crippen LogP contribution in [0, 0.1) is 17.8 Å². The second-order valence-electron chi connectivity index (χ2n) is 5.40. The quantitative estimate of drug-likeness (QED) is 0.838. The average Bonchev–Trinajstić information content (AvgIpc) is 2.62. The first-order valence-corrected chi connectivity index (χ1v) is 7.15. The molecule has 2 rings (SSSR count). The standard InChI is InChI=1S/C17H21NO2/c1-14-4-9-17(20)18(11-10-14)13-16-7-5-15(6-8-16)3-2-12-19/h5-8,14,19H,4,9-13H2,1H3. The number of aliphatic hydroxyl groups is 1. The Morgan fingerprint density at radius 2 is 2.05 bits per heavy atom. The normalized spacial score (nSPS) is 19.2. The lowest BCUT2D eigenvalue weighted by Crippen LogP contribution is -2.29. The molecule has 1 aliphatic heterocycles. The lowest BCUT2D eigenvalue weighted by atomic mass is 10.0. The Morgan fingerprint density at radius 1 is 1.30 bits per heavy atom. The van der Waals surface area contributed by atoms with E-state index in [4.69, 9.17) is 5.11 Å². The minimum absolute atomic E-state index is 0.123. The van der Waals surface area contributed by atoms with Crippen LogP contribution in [0.5, 0.6) is 0 Å². The zero-order valence-corrected chi connectivity index (χ0v) is 11.9. The van der Waals surface area contributed by atoms with Crippen molar-refractivity contribution in [3.05, 3.63) is 35.4 Å². The third-order valence-corrected chi connectivity index (χ3v) is 3.73. The Balaban J connectivity index is 2.00. The van der Waals surface area contributed by atoms with Crippen molar-refractivity contribution in [2.24, 2.45) is 5.92 Å². The van der Waals surface area contributed by atoms with E-state index in [0.29, 0.717) is 18.9 Å². The molecule has 0 saturated carbocycles. The monoisotopic (exact) mass is 271 g/mol. The molecule has 20 heavy (non-hydrogen) atoms. The van der Waals surface area contributed by atoms with Crippen LogP contribution in [0.1, 0.15) is 37.3 Å². The van der Waals surface area contributed by atoms with Crippen LogP contribution in [-0.4, -0.2) is 29.1 Å². The Kier molecular flexibility index (Phi) is 5.20. The van der Waals surface area contributed by atoms with E-state index in [9.17, 15) is 4.79 Å². The highest BCUT2D eigenvalue weighted by atomic mass is 16.2. The van der Waals surface area contributed by atoms with Crippen LogP contribution >= 0.6 is 0 Å². The number of aliphatic hydroxyl groups excluding tert-OH is 1. The van der Waals surface area contributed by atoms with E-state index in [2.05, 4.69) is 18.8 Å². The summed E-state index contributed by atoms with van der Waals surface area (Å²) < 4.78 is 0. The summed E-state index contributed by atoms with van der Waals surface area (Å²) in [5, 5.41) is 8.66. The van der Waals surface area contributed by atoms with E-state index in [1.165, 1.54) is 0 Å². The van der Waals surface area contributed by atoms with Gasteiger partial charge in [-0.15, -0.1) is 0 Å². The number of hydrogen-bond donors (Lipinski definition) is 1. The number of nitrogens with zero attached hydrogens (tertiary/aromatic N) is 1. The first-order chi connectivity index (χ1) is 9.69. The van der Waals surface area contributed by atoms with Gasteiger partial charge in [0.15, 0.2) is 0 Å². The lowest BCUT2D eigenvalue weighted by Gasteiger charge is -2.20. The zero-order valence-electron chi connectivity index (χ0n) is 11.9. The molecule has 0 spiro atoms. The summed E-state index contributed by atoms with van der Waals surface area (Å²) in [6.45, 7) is 3.62. The van der Waals surface area contributed by atoms with Gasteiger partial charge < -0.3 is 10.0 Å². The zero-order chi connectivity index (χ0) is 14.4. The topological polar surface area (TPSA) is 40.5 Å². The molecule has 0 radical (unpaired) electrons. The van der Waals surface area contributed by atoms with Crippen molar-refractivity contribution in [3.8, 4) is 11.8 Å². The van der Waals surface area contributed by atoms with E-state index < -0.39 is 0 Å². The molecule has 106 valence electrons. The van der Waals surface area contributed by atoms with Crippen LogP contribution in [0.2, 0.25) is 0 Å². The first-order valence-electron chi connectivity index (χ1n) is 7.15. The molecule has 3 heteroatoms. The van der Waals surface area contributed by atoms with Crippen LogP contribution in [0.3, 0.4) is 0 Å². The van der Waals surface area contributed by atoms with Crippen LogP contribution < -0.4 is 0 Å². The molecule has 1 aliphatic rings. The van der Waals surface area contributed by atoms with E-state index in [1.54, 1.807) is 0 Å². The molecule has 1 unspecified atom stereocenters. The van der Waals surface area contributed by atoms with Crippen molar-refractivity contribution >= 4 is 5.91 Å². The number of rotatable bonds is 2. The molecule has 0 aliphatic carbocycles. The number of hydrogen-bond acceptors (Lipinski definition) is 2. The number of carbonyl (C=O) groups is 1. The van der Waals surface area contributed by atoms with Crippen LogP contribution in [-0.2, 0) is 11.3 Å². The second-order valence-corrected chi connectivity index (χ2v) is 5.40. The molecule has 1 saturated heterocycles. The highest BCUT2D eigenvalue weighted by Gasteiger charge is 2.19. The summed E-state index contributed by atoms with van der Waals surface area (Å²) in [6.07, 6.45) is 2.76. The Hall–Kier alpha value is -1.79. The van der Waals surface area contributed by atoms with Gasteiger partial charge in [0.1, 0.15) is 6.61 Å². The maximum Gasteiger partial charge on any atom is 0.222 e. The van der Waals surface area contributed by atoms with Crippen molar-refractivity contribution in [2.75, 3.05) is 13.2 Å². The van der Waals surface area contributed by atoms with Crippen molar-refractivity contribution in [1.29, 1.82) is 0 Å². The fourth-order valence-electron chi connectivity index (χ4n) is 2.40. The van der Waals surface area contributed by atoms with E-state index in [1.807, 2.05) is 29.2 Å². The smallest absolute Gasteiger partial charge is 0.222 e. The molecule has 0 aromatic heterocycles. The molecule has 1 atom stereocenters. The minimum Gasteiger partial charge on any atom is -0.384 e. The third-order valence-electron chi connectivity index (χ3n) is 3.73. The van der Waals surface area contributed by atoms with Crippen molar-refractivity contribution in [1.82, 2.24) is 4.90 Å². The van der Waals surface area contributed by atoms with E-state index >= 15 is 0 Å². The van der Waals surface area contributed by atoms with Gasteiger partial charge in [-0.25, -0.2) is 0 Å². The molecule has 1 aromatic rings. The van der Waals surface area contributed by atoms with Gasteiger partial charge in [-0.05, 0) is 36.5 Å². The Labute approximate surface area is 120 Å². The summed E-state index contributed by atoms with van der Waals surface area (Å²) in [5.74, 6) is 6.40. The predicted molar refractivity (Wildman–Crippen MR) is 78.8 cm³/mol. The SMILES string of the molecule is CC1CCC(=O)N(Cc2ccc(C#CCO)cc2)CC1. The molecule has 1 fully saturated rings. The molecular weight excluding hydrogens is 250 g/mol. The molecule has 1 aromatic carbocycles. The van der Waals surface area contributed by atoms with Crippen LogP contribution in [0.4, 0.5) is 0 Å². The fourth-order valence-corrected chi connectivity index (χ4v) is 2.40. The fraction of sp³-hybridized carbons (Fsp3) is 0.471. The summed E-state index contributed by atoms with van der Waals surface area (Å²) >= 11 is 0. The van der Waals surface area contributed by atoms with Gasteiger partial charge >= 0.3 is 0 Å². The average molecular weight is 271 g/mol. The number of carbonyl (C=O) groups excluding carboxylic acids is 1. The molecule has 3 nitrogen and oxygen atoms in total. The highest BCUT2D eigenvalue weighted by molar-refractivity contribution is 5.76. The number of benzene rings is 1.